The first kappa shape index (κ1) is 13.7. The van der Waals surface area contributed by atoms with Gasteiger partial charge in [0.2, 0.25) is 0 Å². The highest BCUT2D eigenvalue weighted by Gasteiger charge is 2.39. The van der Waals surface area contributed by atoms with E-state index in [2.05, 4.69) is 12.1 Å². The normalized spacial score (nSPS) is 12.5. The topological polar surface area (TPSA) is 66.0 Å². The third kappa shape index (κ3) is 1.87. The molecule has 0 bridgehead atoms. The summed E-state index contributed by atoms with van der Waals surface area (Å²) in [5, 5.41) is 18.3. The van der Waals surface area contributed by atoms with Gasteiger partial charge in [0.1, 0.15) is 23.0 Å². The summed E-state index contributed by atoms with van der Waals surface area (Å²) in [4.78, 5) is 0. The predicted molar refractivity (Wildman–Crippen MR) is 93.6 cm³/mol. The van der Waals surface area contributed by atoms with Gasteiger partial charge >= 0.3 is 0 Å². The van der Waals surface area contributed by atoms with Crippen LogP contribution in [0.1, 0.15) is 11.1 Å². The van der Waals surface area contributed by atoms with Gasteiger partial charge in [0.25, 0.3) is 6.71 Å². The van der Waals surface area contributed by atoms with Crippen LogP contribution in [0.5, 0.6) is 23.0 Å². The summed E-state index contributed by atoms with van der Waals surface area (Å²) in [6.07, 6.45) is 0. The Morgan fingerprint density at radius 3 is 1.68 bits per heavy atom. The van der Waals surface area contributed by atoms with Crippen molar-refractivity contribution in [3.05, 3.63) is 65.7 Å². The molecule has 0 aliphatic carbocycles. The molecule has 0 radical (unpaired) electrons. The SMILES string of the molecule is N#Cc1ccc2c(c1)Oc1cccc3c1B2c1ccc(C#N)cc1O3. The van der Waals surface area contributed by atoms with Crippen molar-refractivity contribution >= 4 is 23.1 Å². The first-order valence-electron chi connectivity index (χ1n) is 7.85. The number of benzene rings is 3. The summed E-state index contributed by atoms with van der Waals surface area (Å²) < 4.78 is 12.1. The summed E-state index contributed by atoms with van der Waals surface area (Å²) >= 11 is 0. The van der Waals surface area contributed by atoms with Crippen molar-refractivity contribution < 1.29 is 9.47 Å². The second-order valence-electron chi connectivity index (χ2n) is 6.03. The lowest BCUT2D eigenvalue weighted by molar-refractivity contribution is 0.464. The van der Waals surface area contributed by atoms with Gasteiger partial charge in [0.05, 0.1) is 23.3 Å². The Balaban J connectivity index is 1.81. The predicted octanol–water partition coefficient (Wildman–Crippen LogP) is 2.16. The lowest BCUT2D eigenvalue weighted by atomic mass is 9.35. The summed E-state index contributed by atoms with van der Waals surface area (Å²) in [5.41, 5.74) is 4.09. The lowest BCUT2D eigenvalue weighted by Gasteiger charge is -2.32. The average Bonchev–Trinajstić information content (AvgIpc) is 2.66. The number of rotatable bonds is 0. The van der Waals surface area contributed by atoms with E-state index in [9.17, 15) is 10.5 Å². The smallest absolute Gasteiger partial charge is 0.260 e. The van der Waals surface area contributed by atoms with Crippen molar-refractivity contribution in [2.75, 3.05) is 0 Å². The quantitative estimate of drug-likeness (QED) is 0.410. The Labute approximate surface area is 144 Å². The number of hydrogen-bond donors (Lipinski definition) is 0. The molecule has 3 aromatic carbocycles. The lowest BCUT2D eigenvalue weighted by Crippen LogP contribution is -2.57. The monoisotopic (exact) mass is 320 g/mol. The Morgan fingerprint density at radius 1 is 0.680 bits per heavy atom. The van der Waals surface area contributed by atoms with E-state index in [-0.39, 0.29) is 6.71 Å². The molecule has 0 spiro atoms. The molecule has 0 saturated heterocycles. The molecule has 0 aromatic heterocycles. The molecular weight excluding hydrogens is 311 g/mol. The van der Waals surface area contributed by atoms with E-state index in [0.717, 1.165) is 27.9 Å². The molecular formula is C20H9BN2O2. The highest BCUT2D eigenvalue weighted by molar-refractivity contribution is 6.98. The molecule has 4 nitrogen and oxygen atoms in total. The van der Waals surface area contributed by atoms with E-state index in [1.54, 1.807) is 24.3 Å². The van der Waals surface area contributed by atoms with E-state index in [4.69, 9.17) is 9.47 Å². The van der Waals surface area contributed by atoms with Gasteiger partial charge in [0, 0.05) is 5.46 Å². The molecule has 114 valence electrons. The first-order chi connectivity index (χ1) is 12.3. The molecule has 0 atom stereocenters. The van der Waals surface area contributed by atoms with Gasteiger partial charge in [0.15, 0.2) is 0 Å². The number of hydrogen-bond acceptors (Lipinski definition) is 4. The maximum absolute atomic E-state index is 9.17. The zero-order chi connectivity index (χ0) is 17.0. The summed E-state index contributed by atoms with van der Waals surface area (Å²) in [7, 11) is 0. The summed E-state index contributed by atoms with van der Waals surface area (Å²) in [6, 6.07) is 21.0. The van der Waals surface area contributed by atoms with Crippen LogP contribution in [-0.2, 0) is 0 Å². The minimum absolute atomic E-state index is 0.0424. The van der Waals surface area contributed by atoms with Crippen LogP contribution in [0.4, 0.5) is 0 Å². The van der Waals surface area contributed by atoms with Crippen LogP contribution in [0.25, 0.3) is 0 Å². The van der Waals surface area contributed by atoms with Crippen LogP contribution in [0, 0.1) is 22.7 Å². The van der Waals surface area contributed by atoms with Crippen molar-refractivity contribution in [3.8, 4) is 35.1 Å². The zero-order valence-electron chi connectivity index (χ0n) is 13.0. The number of ether oxygens (including phenoxy) is 2. The number of nitriles is 2. The van der Waals surface area contributed by atoms with Gasteiger partial charge in [-0.05, 0) is 47.3 Å². The van der Waals surface area contributed by atoms with Crippen LogP contribution in [0.2, 0.25) is 0 Å². The van der Waals surface area contributed by atoms with Gasteiger partial charge in [-0.1, -0.05) is 18.2 Å². The minimum Gasteiger partial charge on any atom is -0.458 e. The molecule has 0 amide bonds. The Bertz CT molecular complexity index is 1060. The molecule has 2 aliphatic heterocycles. The molecule has 0 N–H and O–H groups in total. The Morgan fingerprint density at radius 2 is 1.20 bits per heavy atom. The van der Waals surface area contributed by atoms with E-state index in [0.29, 0.717) is 22.6 Å². The van der Waals surface area contributed by atoms with Crippen LogP contribution in [0.15, 0.2) is 54.6 Å². The molecule has 5 rings (SSSR count). The third-order valence-electron chi connectivity index (χ3n) is 4.66. The molecule has 5 heteroatoms. The zero-order valence-corrected chi connectivity index (χ0v) is 13.0. The maximum atomic E-state index is 9.17. The van der Waals surface area contributed by atoms with Gasteiger partial charge in [-0.25, -0.2) is 0 Å². The standard InChI is InChI=1S/C20H9BN2O2/c22-10-12-4-6-14-18(8-12)24-16-2-1-3-17-20(16)21(14)15-7-5-13(11-23)9-19(15)25-17/h1-9H. The third-order valence-corrected chi connectivity index (χ3v) is 4.66. The summed E-state index contributed by atoms with van der Waals surface area (Å²) in [6.45, 7) is -0.0424. The van der Waals surface area contributed by atoms with E-state index in [1.807, 2.05) is 30.3 Å². The van der Waals surface area contributed by atoms with E-state index in [1.165, 1.54) is 0 Å². The van der Waals surface area contributed by atoms with Gasteiger partial charge in [-0.3, -0.25) is 0 Å². The van der Waals surface area contributed by atoms with Crippen LogP contribution in [0.3, 0.4) is 0 Å². The Hall–Kier alpha value is -3.70. The maximum Gasteiger partial charge on any atom is 0.260 e. The number of fused-ring (bicyclic) bond motifs is 4. The van der Waals surface area contributed by atoms with Crippen molar-refractivity contribution in [1.82, 2.24) is 0 Å². The molecule has 2 heterocycles. The highest BCUT2D eigenvalue weighted by atomic mass is 16.5. The molecule has 3 aromatic rings. The second kappa shape index (κ2) is 4.90. The second-order valence-corrected chi connectivity index (χ2v) is 6.03. The minimum atomic E-state index is -0.0424. The van der Waals surface area contributed by atoms with Gasteiger partial charge in [-0.2, -0.15) is 10.5 Å². The van der Waals surface area contributed by atoms with Crippen molar-refractivity contribution in [1.29, 1.82) is 10.5 Å². The first-order valence-corrected chi connectivity index (χ1v) is 7.85. The molecule has 2 aliphatic rings. The van der Waals surface area contributed by atoms with Crippen LogP contribution in [-0.4, -0.2) is 6.71 Å². The Kier molecular flexibility index (Phi) is 2.69. The van der Waals surface area contributed by atoms with E-state index < -0.39 is 0 Å². The van der Waals surface area contributed by atoms with Crippen LogP contribution < -0.4 is 25.9 Å². The highest BCUT2D eigenvalue weighted by Crippen LogP contribution is 2.34. The average molecular weight is 320 g/mol. The fraction of sp³-hybridized carbons (Fsp3) is 0. The van der Waals surface area contributed by atoms with Gasteiger partial charge in [-0.15, -0.1) is 0 Å². The van der Waals surface area contributed by atoms with Crippen molar-refractivity contribution in [3.63, 3.8) is 0 Å². The largest absolute Gasteiger partial charge is 0.458 e. The van der Waals surface area contributed by atoms with E-state index >= 15 is 0 Å². The fourth-order valence-corrected chi connectivity index (χ4v) is 3.56. The van der Waals surface area contributed by atoms with Crippen molar-refractivity contribution in [2.45, 2.75) is 0 Å². The fourth-order valence-electron chi connectivity index (χ4n) is 3.56. The van der Waals surface area contributed by atoms with Crippen LogP contribution >= 0.6 is 0 Å². The molecule has 0 fully saturated rings. The van der Waals surface area contributed by atoms with Crippen molar-refractivity contribution in [2.24, 2.45) is 0 Å². The molecule has 0 saturated carbocycles. The molecule has 0 unspecified atom stereocenters. The summed E-state index contributed by atoms with van der Waals surface area (Å²) in [5.74, 6) is 2.84. The van der Waals surface area contributed by atoms with Gasteiger partial charge < -0.3 is 9.47 Å². The number of nitrogens with zero attached hydrogens (tertiary/aromatic N) is 2. The molecule has 25 heavy (non-hydrogen) atoms.